The van der Waals surface area contributed by atoms with Crippen LogP contribution in [0, 0.1) is 5.41 Å². The van der Waals surface area contributed by atoms with E-state index < -0.39 is 0 Å². The average molecular weight is 287 g/mol. The monoisotopic (exact) mass is 287 g/mol. The molecule has 3 rings (SSSR count). The highest BCUT2D eigenvalue weighted by atomic mass is 16.5. The summed E-state index contributed by atoms with van der Waals surface area (Å²) in [4.78, 5) is 0. The first-order chi connectivity index (χ1) is 10.2. The molecule has 2 heteroatoms. The first-order valence-electron chi connectivity index (χ1n) is 8.57. The van der Waals surface area contributed by atoms with Gasteiger partial charge in [-0.05, 0) is 55.3 Å². The van der Waals surface area contributed by atoms with Crippen molar-refractivity contribution in [1.82, 2.24) is 5.32 Å². The van der Waals surface area contributed by atoms with Crippen molar-refractivity contribution in [1.29, 1.82) is 0 Å². The van der Waals surface area contributed by atoms with Crippen molar-refractivity contribution >= 4 is 0 Å². The highest BCUT2D eigenvalue weighted by molar-refractivity contribution is 5.36. The van der Waals surface area contributed by atoms with Crippen molar-refractivity contribution in [2.24, 2.45) is 5.41 Å². The second-order valence-electron chi connectivity index (χ2n) is 7.20. The van der Waals surface area contributed by atoms with Crippen LogP contribution in [0.15, 0.2) is 24.3 Å². The third-order valence-corrected chi connectivity index (χ3v) is 5.76. The Kier molecular flexibility index (Phi) is 4.26. The molecule has 1 aromatic carbocycles. The van der Waals surface area contributed by atoms with E-state index in [1.54, 1.807) is 7.11 Å². The Bertz CT molecular complexity index is 451. The summed E-state index contributed by atoms with van der Waals surface area (Å²) in [6.45, 7) is 4.39. The van der Waals surface area contributed by atoms with Gasteiger partial charge in [0.15, 0.2) is 0 Å². The van der Waals surface area contributed by atoms with Crippen molar-refractivity contribution in [3.05, 3.63) is 29.8 Å². The molecule has 0 aromatic heterocycles. The van der Waals surface area contributed by atoms with Gasteiger partial charge in [0.05, 0.1) is 7.11 Å². The van der Waals surface area contributed by atoms with Gasteiger partial charge >= 0.3 is 0 Å². The third kappa shape index (κ3) is 2.83. The fourth-order valence-corrected chi connectivity index (χ4v) is 4.78. The topological polar surface area (TPSA) is 21.3 Å². The summed E-state index contributed by atoms with van der Waals surface area (Å²) >= 11 is 0. The molecule has 2 aliphatic carbocycles. The maximum atomic E-state index is 5.31. The number of benzene rings is 1. The summed E-state index contributed by atoms with van der Waals surface area (Å²) in [6.07, 6.45) is 10.00. The number of rotatable bonds is 5. The molecule has 0 radical (unpaired) electrons. The van der Waals surface area contributed by atoms with Crippen LogP contribution in [0.5, 0.6) is 5.75 Å². The van der Waals surface area contributed by atoms with Gasteiger partial charge in [0.1, 0.15) is 5.75 Å². The second kappa shape index (κ2) is 6.00. The highest BCUT2D eigenvalue weighted by Crippen LogP contribution is 2.61. The second-order valence-corrected chi connectivity index (χ2v) is 7.20. The van der Waals surface area contributed by atoms with Gasteiger partial charge in [0.2, 0.25) is 0 Å². The van der Waals surface area contributed by atoms with Gasteiger partial charge < -0.3 is 10.1 Å². The van der Waals surface area contributed by atoms with Gasteiger partial charge in [0, 0.05) is 12.0 Å². The lowest BCUT2D eigenvalue weighted by molar-refractivity contribution is -0.0125. The maximum absolute atomic E-state index is 5.31. The molecule has 1 N–H and O–H groups in total. The van der Waals surface area contributed by atoms with E-state index in [1.807, 2.05) is 0 Å². The molecule has 0 bridgehead atoms. The number of methoxy groups -OCH3 is 1. The first-order valence-corrected chi connectivity index (χ1v) is 8.57. The van der Waals surface area contributed by atoms with Crippen LogP contribution in [0.3, 0.4) is 0 Å². The zero-order valence-electron chi connectivity index (χ0n) is 13.6. The van der Waals surface area contributed by atoms with E-state index in [0.717, 1.165) is 18.8 Å². The lowest BCUT2D eigenvalue weighted by Crippen LogP contribution is -2.55. The van der Waals surface area contributed by atoms with E-state index in [0.29, 0.717) is 10.8 Å². The summed E-state index contributed by atoms with van der Waals surface area (Å²) in [6, 6.07) is 8.81. The van der Waals surface area contributed by atoms with Gasteiger partial charge in [-0.25, -0.2) is 0 Å². The summed E-state index contributed by atoms with van der Waals surface area (Å²) in [5.41, 5.74) is 2.52. The van der Waals surface area contributed by atoms with Gasteiger partial charge in [0.25, 0.3) is 0 Å². The van der Waals surface area contributed by atoms with Gasteiger partial charge in [-0.3, -0.25) is 0 Å². The van der Waals surface area contributed by atoms with Crippen molar-refractivity contribution in [2.45, 2.75) is 57.3 Å². The van der Waals surface area contributed by atoms with Crippen LogP contribution in [0.4, 0.5) is 0 Å². The number of nitrogens with one attached hydrogen (secondary N) is 1. The maximum Gasteiger partial charge on any atom is 0.118 e. The normalized spacial score (nSPS) is 22.8. The molecule has 0 saturated heterocycles. The van der Waals surface area contributed by atoms with Crippen LogP contribution in [-0.4, -0.2) is 20.2 Å². The molecule has 2 nitrogen and oxygen atoms in total. The molecular weight excluding hydrogens is 258 g/mol. The largest absolute Gasteiger partial charge is 0.497 e. The van der Waals surface area contributed by atoms with Gasteiger partial charge in [-0.2, -0.15) is 0 Å². The van der Waals surface area contributed by atoms with Crippen molar-refractivity contribution in [3.63, 3.8) is 0 Å². The molecule has 2 aliphatic rings. The Balaban J connectivity index is 1.78. The number of ether oxygens (including phenoxy) is 1. The quantitative estimate of drug-likeness (QED) is 0.872. The molecule has 21 heavy (non-hydrogen) atoms. The fraction of sp³-hybridized carbons (Fsp3) is 0.684. The molecule has 0 atom stereocenters. The zero-order chi connectivity index (χ0) is 14.8. The Morgan fingerprint density at radius 2 is 1.71 bits per heavy atom. The van der Waals surface area contributed by atoms with Crippen LogP contribution in [0.1, 0.15) is 57.4 Å². The first kappa shape index (κ1) is 14.9. The molecule has 1 spiro atoms. The molecule has 0 unspecified atom stereocenters. The molecule has 0 aliphatic heterocycles. The smallest absolute Gasteiger partial charge is 0.118 e. The Hall–Kier alpha value is -1.02. The lowest BCUT2D eigenvalue weighted by Gasteiger charge is -2.59. The number of likely N-dealkylation sites (N-methyl/N-ethyl adjacent to an activating group) is 1. The highest BCUT2D eigenvalue weighted by Gasteiger charge is 2.54. The molecule has 2 fully saturated rings. The van der Waals surface area contributed by atoms with Crippen molar-refractivity contribution < 1.29 is 4.74 Å². The molecule has 2 saturated carbocycles. The van der Waals surface area contributed by atoms with Crippen LogP contribution in [0.2, 0.25) is 0 Å². The Morgan fingerprint density at radius 3 is 2.29 bits per heavy atom. The summed E-state index contributed by atoms with van der Waals surface area (Å²) in [5, 5.41) is 3.61. The van der Waals surface area contributed by atoms with E-state index in [2.05, 4.69) is 36.5 Å². The molecule has 1 aromatic rings. The average Bonchev–Trinajstić information content (AvgIpc) is 2.52. The predicted octanol–water partition coefficient (Wildman–Crippen LogP) is 4.29. The predicted molar refractivity (Wildman–Crippen MR) is 88.0 cm³/mol. The van der Waals surface area contributed by atoms with Crippen LogP contribution < -0.4 is 10.1 Å². The van der Waals surface area contributed by atoms with Crippen LogP contribution >= 0.6 is 0 Å². The van der Waals surface area contributed by atoms with E-state index in [-0.39, 0.29) is 0 Å². The molecular formula is C19H29NO. The molecule has 0 heterocycles. The third-order valence-electron chi connectivity index (χ3n) is 5.76. The summed E-state index contributed by atoms with van der Waals surface area (Å²) in [5.74, 6) is 0.962. The minimum Gasteiger partial charge on any atom is -0.497 e. The van der Waals surface area contributed by atoms with Crippen LogP contribution in [-0.2, 0) is 5.41 Å². The van der Waals surface area contributed by atoms with Gasteiger partial charge in [-0.1, -0.05) is 38.3 Å². The SMILES string of the molecule is CCNCC1(c2ccc(OC)cc2)CC2(CCCCC2)C1. The number of hydrogen-bond acceptors (Lipinski definition) is 2. The van der Waals surface area contributed by atoms with Crippen molar-refractivity contribution in [3.8, 4) is 5.75 Å². The summed E-state index contributed by atoms with van der Waals surface area (Å²) < 4.78 is 5.31. The van der Waals surface area contributed by atoms with Crippen LogP contribution in [0.25, 0.3) is 0 Å². The van der Waals surface area contributed by atoms with E-state index in [9.17, 15) is 0 Å². The lowest BCUT2D eigenvalue weighted by atomic mass is 9.46. The molecule has 0 amide bonds. The zero-order valence-corrected chi connectivity index (χ0v) is 13.6. The number of hydrogen-bond donors (Lipinski definition) is 1. The minimum atomic E-state index is 0.361. The van der Waals surface area contributed by atoms with E-state index in [1.165, 1.54) is 50.5 Å². The Labute approximate surface area is 129 Å². The fourth-order valence-electron chi connectivity index (χ4n) is 4.78. The van der Waals surface area contributed by atoms with E-state index in [4.69, 9.17) is 4.74 Å². The van der Waals surface area contributed by atoms with Crippen molar-refractivity contribution in [2.75, 3.05) is 20.2 Å². The minimum absolute atomic E-state index is 0.361. The van der Waals surface area contributed by atoms with Gasteiger partial charge in [-0.15, -0.1) is 0 Å². The molecule has 116 valence electrons. The standard InChI is InChI=1S/C19H29NO/c1-3-20-15-19(16-7-9-17(21-2)10-8-16)13-18(14-19)11-5-4-6-12-18/h7-10,20H,3-6,11-15H2,1-2H3. The van der Waals surface area contributed by atoms with E-state index >= 15 is 0 Å². The summed E-state index contributed by atoms with van der Waals surface area (Å²) in [7, 11) is 1.74. The Morgan fingerprint density at radius 1 is 1.05 bits per heavy atom.